The van der Waals surface area contributed by atoms with Gasteiger partial charge < -0.3 is 20.0 Å². The zero-order valence-electron chi connectivity index (χ0n) is 18.2. The van der Waals surface area contributed by atoms with Crippen LogP contribution >= 0.6 is 0 Å². The SMILES string of the molecule is O=C(Nc1ccc(C(=O)N2CCc3ccccc32)cc1)c1ccc(NC(=O)c2ccco2)cc1. The third-order valence-corrected chi connectivity index (χ3v) is 5.67. The molecule has 3 amide bonds. The summed E-state index contributed by atoms with van der Waals surface area (Å²) < 4.78 is 5.06. The van der Waals surface area contributed by atoms with Gasteiger partial charge >= 0.3 is 0 Å². The lowest BCUT2D eigenvalue weighted by molar-refractivity contribution is 0.0984. The molecule has 168 valence electrons. The summed E-state index contributed by atoms with van der Waals surface area (Å²) in [4.78, 5) is 39.4. The van der Waals surface area contributed by atoms with Crippen LogP contribution in [0, 0.1) is 0 Å². The van der Waals surface area contributed by atoms with Crippen molar-refractivity contribution in [3.63, 3.8) is 0 Å². The van der Waals surface area contributed by atoms with Crippen LogP contribution in [0.25, 0.3) is 0 Å². The molecule has 0 bridgehead atoms. The topological polar surface area (TPSA) is 91.7 Å². The molecule has 0 atom stereocenters. The van der Waals surface area contributed by atoms with Crippen molar-refractivity contribution in [3.8, 4) is 0 Å². The van der Waals surface area contributed by atoms with Crippen LogP contribution in [0.15, 0.2) is 95.6 Å². The van der Waals surface area contributed by atoms with Crippen molar-refractivity contribution in [2.45, 2.75) is 6.42 Å². The predicted octanol–water partition coefficient (Wildman–Crippen LogP) is 4.99. The largest absolute Gasteiger partial charge is 0.459 e. The Morgan fingerprint density at radius 2 is 1.35 bits per heavy atom. The molecule has 7 nitrogen and oxygen atoms in total. The number of carbonyl (C=O) groups is 3. The van der Waals surface area contributed by atoms with Gasteiger partial charge in [-0.2, -0.15) is 0 Å². The minimum atomic E-state index is -0.366. The summed E-state index contributed by atoms with van der Waals surface area (Å²) in [6.45, 7) is 0.661. The Labute approximate surface area is 196 Å². The highest BCUT2D eigenvalue weighted by atomic mass is 16.3. The zero-order chi connectivity index (χ0) is 23.5. The molecule has 1 aromatic heterocycles. The van der Waals surface area contributed by atoms with Crippen molar-refractivity contribution in [1.82, 2.24) is 0 Å². The molecular formula is C27H21N3O4. The summed E-state index contributed by atoms with van der Waals surface area (Å²) in [5.74, 6) is -0.515. The smallest absolute Gasteiger partial charge is 0.291 e. The molecule has 0 spiro atoms. The number of nitrogens with zero attached hydrogens (tertiary/aromatic N) is 1. The second-order valence-corrected chi connectivity index (χ2v) is 7.88. The van der Waals surface area contributed by atoms with Crippen molar-refractivity contribution in [2.24, 2.45) is 0 Å². The molecule has 0 saturated heterocycles. The van der Waals surface area contributed by atoms with Gasteiger partial charge in [-0.1, -0.05) is 18.2 Å². The van der Waals surface area contributed by atoms with Crippen LogP contribution in [0.3, 0.4) is 0 Å². The summed E-state index contributed by atoms with van der Waals surface area (Å²) in [6.07, 6.45) is 2.28. The molecule has 2 N–H and O–H groups in total. The fourth-order valence-corrected chi connectivity index (χ4v) is 3.91. The fourth-order valence-electron chi connectivity index (χ4n) is 3.91. The Morgan fingerprint density at radius 1 is 0.706 bits per heavy atom. The van der Waals surface area contributed by atoms with Crippen LogP contribution in [0.1, 0.15) is 36.8 Å². The Bertz CT molecular complexity index is 1340. The van der Waals surface area contributed by atoms with Crippen LogP contribution in [0.5, 0.6) is 0 Å². The first kappa shape index (κ1) is 21.2. The lowest BCUT2D eigenvalue weighted by Crippen LogP contribution is -2.28. The number of fused-ring (bicyclic) bond motifs is 1. The number of para-hydroxylation sites is 1. The highest BCUT2D eigenvalue weighted by molar-refractivity contribution is 6.08. The van der Waals surface area contributed by atoms with Gasteiger partial charge in [-0.25, -0.2) is 0 Å². The van der Waals surface area contributed by atoms with Crippen LogP contribution in [0.4, 0.5) is 17.1 Å². The van der Waals surface area contributed by atoms with E-state index >= 15 is 0 Å². The summed E-state index contributed by atoms with van der Waals surface area (Å²) in [5.41, 5.74) is 4.25. The average molecular weight is 451 g/mol. The van der Waals surface area contributed by atoms with Gasteiger partial charge in [0.05, 0.1) is 6.26 Å². The van der Waals surface area contributed by atoms with Gasteiger partial charge in [-0.3, -0.25) is 14.4 Å². The van der Waals surface area contributed by atoms with E-state index < -0.39 is 0 Å². The Morgan fingerprint density at radius 3 is 2.03 bits per heavy atom. The molecule has 34 heavy (non-hydrogen) atoms. The number of rotatable bonds is 5. The van der Waals surface area contributed by atoms with Crippen molar-refractivity contribution < 1.29 is 18.8 Å². The summed E-state index contributed by atoms with van der Waals surface area (Å²) in [7, 11) is 0. The lowest BCUT2D eigenvalue weighted by Gasteiger charge is -2.17. The Balaban J connectivity index is 1.21. The molecule has 0 unspecified atom stereocenters. The number of hydrogen-bond donors (Lipinski definition) is 2. The summed E-state index contributed by atoms with van der Waals surface area (Å²) in [5, 5.41) is 5.53. The van der Waals surface area contributed by atoms with Gasteiger partial charge in [0.2, 0.25) is 0 Å². The van der Waals surface area contributed by atoms with E-state index in [1.807, 2.05) is 24.3 Å². The molecule has 7 heteroatoms. The van der Waals surface area contributed by atoms with Gasteiger partial charge in [0.15, 0.2) is 5.76 Å². The van der Waals surface area contributed by atoms with Crippen molar-refractivity contribution in [3.05, 3.63) is 114 Å². The van der Waals surface area contributed by atoms with Gasteiger partial charge in [-0.05, 0) is 78.7 Å². The van der Waals surface area contributed by atoms with E-state index in [1.54, 1.807) is 65.6 Å². The quantitative estimate of drug-likeness (QED) is 0.447. The van der Waals surface area contributed by atoms with Gasteiger partial charge in [-0.15, -0.1) is 0 Å². The number of nitrogens with one attached hydrogen (secondary N) is 2. The maximum atomic E-state index is 13.0. The first-order valence-electron chi connectivity index (χ1n) is 10.8. The molecule has 0 radical (unpaired) electrons. The van der Waals surface area contributed by atoms with Crippen LogP contribution in [-0.2, 0) is 6.42 Å². The van der Waals surface area contributed by atoms with E-state index in [0.29, 0.717) is 29.0 Å². The summed E-state index contributed by atoms with van der Waals surface area (Å²) in [6, 6.07) is 24.5. The van der Waals surface area contributed by atoms with E-state index in [-0.39, 0.29) is 23.5 Å². The minimum Gasteiger partial charge on any atom is -0.459 e. The predicted molar refractivity (Wildman–Crippen MR) is 129 cm³/mol. The molecule has 0 saturated carbocycles. The summed E-state index contributed by atoms with van der Waals surface area (Å²) >= 11 is 0. The maximum absolute atomic E-state index is 13.0. The maximum Gasteiger partial charge on any atom is 0.291 e. The molecule has 1 aliphatic heterocycles. The third kappa shape index (κ3) is 4.31. The van der Waals surface area contributed by atoms with Gasteiger partial charge in [0.1, 0.15) is 0 Å². The van der Waals surface area contributed by atoms with Crippen molar-refractivity contribution >= 4 is 34.8 Å². The average Bonchev–Trinajstić information content (AvgIpc) is 3.55. The zero-order valence-corrected chi connectivity index (χ0v) is 18.2. The second kappa shape index (κ2) is 9.07. The van der Waals surface area contributed by atoms with Gasteiger partial charge in [0.25, 0.3) is 17.7 Å². The van der Waals surface area contributed by atoms with E-state index in [9.17, 15) is 14.4 Å². The second-order valence-electron chi connectivity index (χ2n) is 7.88. The number of hydrogen-bond acceptors (Lipinski definition) is 4. The highest BCUT2D eigenvalue weighted by Crippen LogP contribution is 2.29. The lowest BCUT2D eigenvalue weighted by atomic mass is 10.1. The Hall–Kier alpha value is -4.65. The molecule has 3 aromatic carbocycles. The van der Waals surface area contributed by atoms with Crippen LogP contribution < -0.4 is 15.5 Å². The van der Waals surface area contributed by atoms with Crippen molar-refractivity contribution in [1.29, 1.82) is 0 Å². The number of benzene rings is 3. The molecular weight excluding hydrogens is 430 g/mol. The van der Waals surface area contributed by atoms with Crippen LogP contribution in [-0.4, -0.2) is 24.3 Å². The molecule has 0 aliphatic carbocycles. The monoisotopic (exact) mass is 451 g/mol. The van der Waals surface area contributed by atoms with Gasteiger partial charge in [0, 0.05) is 34.7 Å². The van der Waals surface area contributed by atoms with Crippen LogP contribution in [0.2, 0.25) is 0 Å². The minimum absolute atomic E-state index is 0.0602. The van der Waals surface area contributed by atoms with E-state index in [1.165, 1.54) is 11.8 Å². The number of anilines is 3. The normalized spacial score (nSPS) is 12.2. The number of furan rings is 1. The van der Waals surface area contributed by atoms with E-state index in [2.05, 4.69) is 10.6 Å². The number of amides is 3. The first-order valence-corrected chi connectivity index (χ1v) is 10.8. The molecule has 1 aliphatic rings. The van der Waals surface area contributed by atoms with E-state index in [4.69, 9.17) is 4.42 Å². The highest BCUT2D eigenvalue weighted by Gasteiger charge is 2.25. The third-order valence-electron chi connectivity index (χ3n) is 5.67. The van der Waals surface area contributed by atoms with E-state index in [0.717, 1.165) is 12.1 Å². The molecule has 2 heterocycles. The van der Waals surface area contributed by atoms with Crippen molar-refractivity contribution in [2.75, 3.05) is 22.1 Å². The molecule has 0 fully saturated rings. The number of carbonyl (C=O) groups excluding carboxylic acids is 3. The first-order chi connectivity index (χ1) is 16.6. The fraction of sp³-hybridized carbons (Fsp3) is 0.0741. The Kier molecular flexibility index (Phi) is 5.66. The molecule has 5 rings (SSSR count). The molecule has 4 aromatic rings. The standard InChI is InChI=1S/C27H21N3O4/c31-25(19-7-11-22(12-8-19)29-26(32)24-6-3-17-34-24)28-21-13-9-20(10-14-21)27(33)30-16-15-18-4-1-2-5-23(18)30/h1-14,17H,15-16H2,(H,28,31)(H,29,32).